The Bertz CT molecular complexity index is 566. The molecule has 1 aromatic heterocycles. The fourth-order valence-corrected chi connectivity index (χ4v) is 2.18. The van der Waals surface area contributed by atoms with Gasteiger partial charge in [-0.25, -0.2) is 4.68 Å². The molecule has 0 aliphatic rings. The third kappa shape index (κ3) is 3.14. The van der Waals surface area contributed by atoms with E-state index in [0.29, 0.717) is 11.4 Å². The highest BCUT2D eigenvalue weighted by molar-refractivity contribution is 5.47. The van der Waals surface area contributed by atoms with Gasteiger partial charge in [0.15, 0.2) is 0 Å². The van der Waals surface area contributed by atoms with Crippen LogP contribution in [0.5, 0.6) is 0 Å². The molecule has 0 aliphatic carbocycles. The van der Waals surface area contributed by atoms with Gasteiger partial charge in [0.1, 0.15) is 17.5 Å². The number of benzene rings is 1. The summed E-state index contributed by atoms with van der Waals surface area (Å²) in [5.74, 6) is 0.467. The fourth-order valence-electron chi connectivity index (χ4n) is 2.18. The molecule has 0 radical (unpaired) electrons. The van der Waals surface area contributed by atoms with Crippen molar-refractivity contribution in [3.63, 3.8) is 0 Å². The maximum absolute atomic E-state index is 8.85. The van der Waals surface area contributed by atoms with E-state index in [1.54, 1.807) is 4.68 Å². The van der Waals surface area contributed by atoms with Crippen LogP contribution in [0.3, 0.4) is 0 Å². The number of hydrogen-bond donors (Lipinski definition) is 1. The van der Waals surface area contributed by atoms with Crippen molar-refractivity contribution in [3.05, 3.63) is 47.7 Å². The van der Waals surface area contributed by atoms with Crippen molar-refractivity contribution in [2.45, 2.75) is 32.2 Å². The zero-order valence-corrected chi connectivity index (χ0v) is 11.1. The molecule has 0 spiro atoms. The molecule has 0 saturated carbocycles. The van der Waals surface area contributed by atoms with Crippen LogP contribution in [0.1, 0.15) is 36.9 Å². The molecule has 1 atom stereocenters. The van der Waals surface area contributed by atoms with Crippen molar-refractivity contribution in [2.24, 2.45) is 0 Å². The quantitative estimate of drug-likeness (QED) is 0.892. The summed E-state index contributed by atoms with van der Waals surface area (Å²) in [4.78, 5) is 0. The zero-order valence-electron chi connectivity index (χ0n) is 11.1. The highest BCUT2D eigenvalue weighted by atomic mass is 15.3. The maximum Gasteiger partial charge on any atom is 0.140 e. The van der Waals surface area contributed by atoms with Crippen LogP contribution in [0.15, 0.2) is 36.5 Å². The van der Waals surface area contributed by atoms with Crippen molar-refractivity contribution in [3.8, 4) is 6.07 Å². The van der Waals surface area contributed by atoms with E-state index in [4.69, 9.17) is 11.0 Å². The number of hydrogen-bond acceptors (Lipinski definition) is 3. The van der Waals surface area contributed by atoms with E-state index in [1.165, 1.54) is 11.8 Å². The van der Waals surface area contributed by atoms with E-state index in [0.717, 1.165) is 19.3 Å². The van der Waals surface area contributed by atoms with Gasteiger partial charge in [0.25, 0.3) is 0 Å². The summed E-state index contributed by atoms with van der Waals surface area (Å²) in [7, 11) is 0. The van der Waals surface area contributed by atoms with Gasteiger partial charge in [-0.2, -0.15) is 10.4 Å². The van der Waals surface area contributed by atoms with Gasteiger partial charge in [-0.15, -0.1) is 0 Å². The van der Waals surface area contributed by atoms with Crippen molar-refractivity contribution in [1.82, 2.24) is 9.78 Å². The van der Waals surface area contributed by atoms with Crippen LogP contribution in [-0.4, -0.2) is 9.78 Å². The summed E-state index contributed by atoms with van der Waals surface area (Å²) in [5, 5.41) is 13.0. The Morgan fingerprint density at radius 3 is 2.74 bits per heavy atom. The summed E-state index contributed by atoms with van der Waals surface area (Å²) in [6.45, 7) is 2.08. The van der Waals surface area contributed by atoms with E-state index >= 15 is 0 Å². The minimum Gasteiger partial charge on any atom is -0.383 e. The second kappa shape index (κ2) is 6.05. The summed E-state index contributed by atoms with van der Waals surface area (Å²) in [5.41, 5.74) is 7.68. The SMILES string of the molecule is CC(CCCc1ccccc1)n1ncc(C#N)c1N. The lowest BCUT2D eigenvalue weighted by molar-refractivity contribution is 0.452. The molecular formula is C15H18N4. The summed E-state index contributed by atoms with van der Waals surface area (Å²) < 4.78 is 1.74. The highest BCUT2D eigenvalue weighted by Gasteiger charge is 2.12. The van der Waals surface area contributed by atoms with E-state index < -0.39 is 0 Å². The third-order valence-corrected chi connectivity index (χ3v) is 3.30. The molecule has 2 aromatic rings. The molecule has 4 heteroatoms. The van der Waals surface area contributed by atoms with Crippen LogP contribution in [0.4, 0.5) is 5.82 Å². The molecule has 1 aromatic carbocycles. The lowest BCUT2D eigenvalue weighted by Gasteiger charge is -2.13. The topological polar surface area (TPSA) is 67.6 Å². The van der Waals surface area contributed by atoms with Crippen molar-refractivity contribution >= 4 is 5.82 Å². The molecule has 2 rings (SSSR count). The zero-order chi connectivity index (χ0) is 13.7. The Balaban J connectivity index is 1.89. The maximum atomic E-state index is 8.85. The Hall–Kier alpha value is -2.28. The second-order valence-electron chi connectivity index (χ2n) is 4.73. The molecule has 19 heavy (non-hydrogen) atoms. The lowest BCUT2D eigenvalue weighted by Crippen LogP contribution is -2.10. The highest BCUT2D eigenvalue weighted by Crippen LogP contribution is 2.20. The molecule has 2 N–H and O–H groups in total. The standard InChI is InChI=1S/C15H18N4/c1-12(19-15(17)14(10-16)11-18-19)6-5-9-13-7-3-2-4-8-13/h2-4,7-8,11-12H,5-6,9,17H2,1H3. The number of nitrogens with zero attached hydrogens (tertiary/aromatic N) is 3. The number of nitrogens with two attached hydrogens (primary N) is 1. The normalized spacial score (nSPS) is 12.0. The predicted molar refractivity (Wildman–Crippen MR) is 75.4 cm³/mol. The van der Waals surface area contributed by atoms with Gasteiger partial charge >= 0.3 is 0 Å². The minimum absolute atomic E-state index is 0.214. The smallest absolute Gasteiger partial charge is 0.140 e. The van der Waals surface area contributed by atoms with Crippen molar-refractivity contribution < 1.29 is 0 Å². The monoisotopic (exact) mass is 254 g/mol. The molecule has 1 heterocycles. The molecule has 0 aliphatic heterocycles. The van der Waals surface area contributed by atoms with E-state index in [-0.39, 0.29) is 6.04 Å². The summed E-state index contributed by atoms with van der Waals surface area (Å²) in [6.07, 6.45) is 4.65. The van der Waals surface area contributed by atoms with Gasteiger partial charge < -0.3 is 5.73 Å². The lowest BCUT2D eigenvalue weighted by atomic mass is 10.1. The van der Waals surface area contributed by atoms with Gasteiger partial charge in [0.05, 0.1) is 12.2 Å². The molecular weight excluding hydrogens is 236 g/mol. The first-order valence-electron chi connectivity index (χ1n) is 6.49. The van der Waals surface area contributed by atoms with Gasteiger partial charge in [-0.05, 0) is 31.7 Å². The van der Waals surface area contributed by atoms with Gasteiger partial charge in [0, 0.05) is 0 Å². The molecule has 0 fully saturated rings. The second-order valence-corrected chi connectivity index (χ2v) is 4.73. The van der Waals surface area contributed by atoms with Crippen LogP contribution in [0, 0.1) is 11.3 Å². The Kier molecular flexibility index (Phi) is 4.19. The van der Waals surface area contributed by atoms with Crippen molar-refractivity contribution in [1.29, 1.82) is 5.26 Å². The molecule has 0 amide bonds. The van der Waals surface area contributed by atoms with Crippen LogP contribution >= 0.6 is 0 Å². The van der Waals surface area contributed by atoms with E-state index in [2.05, 4.69) is 36.3 Å². The molecule has 0 saturated heterocycles. The first-order chi connectivity index (χ1) is 9.22. The largest absolute Gasteiger partial charge is 0.383 e. The van der Waals surface area contributed by atoms with Gasteiger partial charge in [0.2, 0.25) is 0 Å². The Morgan fingerprint density at radius 2 is 2.11 bits per heavy atom. The van der Waals surface area contributed by atoms with E-state index in [1.807, 2.05) is 12.1 Å². The number of nitriles is 1. The first kappa shape index (κ1) is 13.2. The third-order valence-electron chi connectivity index (χ3n) is 3.30. The Morgan fingerprint density at radius 1 is 1.37 bits per heavy atom. The predicted octanol–water partition coefficient (Wildman–Crippen LogP) is 2.92. The number of aryl methyl sites for hydroxylation is 1. The van der Waals surface area contributed by atoms with Crippen LogP contribution in [-0.2, 0) is 6.42 Å². The average molecular weight is 254 g/mol. The average Bonchev–Trinajstić information content (AvgIpc) is 2.81. The molecule has 98 valence electrons. The minimum atomic E-state index is 0.214. The van der Waals surface area contributed by atoms with Gasteiger partial charge in [-0.3, -0.25) is 0 Å². The fraction of sp³-hybridized carbons (Fsp3) is 0.333. The van der Waals surface area contributed by atoms with Crippen LogP contribution < -0.4 is 5.73 Å². The summed E-state index contributed by atoms with van der Waals surface area (Å²) >= 11 is 0. The summed E-state index contributed by atoms with van der Waals surface area (Å²) in [6, 6.07) is 12.7. The number of aromatic nitrogens is 2. The number of nitrogen functional groups attached to an aromatic ring is 1. The Labute approximate surface area is 113 Å². The number of anilines is 1. The van der Waals surface area contributed by atoms with Gasteiger partial charge in [-0.1, -0.05) is 30.3 Å². The first-order valence-corrected chi connectivity index (χ1v) is 6.49. The van der Waals surface area contributed by atoms with Crippen molar-refractivity contribution in [2.75, 3.05) is 5.73 Å². The molecule has 0 bridgehead atoms. The van der Waals surface area contributed by atoms with Crippen LogP contribution in [0.25, 0.3) is 0 Å². The van der Waals surface area contributed by atoms with Crippen LogP contribution in [0.2, 0.25) is 0 Å². The molecule has 1 unspecified atom stereocenters. The number of rotatable bonds is 5. The van der Waals surface area contributed by atoms with E-state index in [9.17, 15) is 0 Å². The molecule has 4 nitrogen and oxygen atoms in total.